The van der Waals surface area contributed by atoms with E-state index in [2.05, 4.69) is 25.8 Å². The molecular weight excluding hydrogens is 608 g/mol. The van der Waals surface area contributed by atoms with E-state index in [0.717, 1.165) is 30.2 Å². The van der Waals surface area contributed by atoms with Crippen LogP contribution in [0.5, 0.6) is 0 Å². The lowest BCUT2D eigenvalue weighted by atomic mass is 9.72. The maximum Gasteiger partial charge on any atom is 0.270 e. The van der Waals surface area contributed by atoms with E-state index >= 15 is 0 Å². The summed E-state index contributed by atoms with van der Waals surface area (Å²) >= 11 is 0. The maximum atomic E-state index is 14.1. The molecule has 2 unspecified atom stereocenters. The minimum absolute atomic E-state index is 0.0378. The van der Waals surface area contributed by atoms with Gasteiger partial charge in [0.2, 0.25) is 17.7 Å². The van der Waals surface area contributed by atoms with Gasteiger partial charge in [0.05, 0.1) is 29.6 Å². The van der Waals surface area contributed by atoms with Crippen molar-refractivity contribution in [3.63, 3.8) is 0 Å². The summed E-state index contributed by atoms with van der Waals surface area (Å²) in [5.41, 5.74) is 5.74. The molecule has 7 atom stereocenters. The second-order valence-electron chi connectivity index (χ2n) is 13.7. The number of carbonyl (C=O) groups is 4. The third-order valence-corrected chi connectivity index (χ3v) is 10.5. The second kappa shape index (κ2) is 14.4. The Hall–Kier alpha value is -4.35. The smallest absolute Gasteiger partial charge is 0.270 e. The molecule has 48 heavy (non-hydrogen) atoms. The minimum atomic E-state index is -1.57. The predicted octanol–water partition coefficient (Wildman–Crippen LogP) is 2.31. The molecule has 3 aliphatic rings. The first kappa shape index (κ1) is 33.5. The molecule has 1 aliphatic heterocycles. The molecule has 4 amide bonds. The number of aliphatic hydroxyl groups is 1. The van der Waals surface area contributed by atoms with Crippen molar-refractivity contribution < 1.29 is 24.3 Å². The number of amides is 4. The zero-order valence-electron chi connectivity index (χ0n) is 27.4. The largest absolute Gasteiger partial charge is 0.390 e. The van der Waals surface area contributed by atoms with Gasteiger partial charge in [0.1, 0.15) is 11.2 Å². The van der Waals surface area contributed by atoms with Crippen LogP contribution in [-0.4, -0.2) is 82.0 Å². The van der Waals surface area contributed by atoms with E-state index in [9.17, 15) is 24.3 Å². The predicted molar refractivity (Wildman–Crippen MR) is 181 cm³/mol. The Morgan fingerprint density at radius 1 is 1.00 bits per heavy atom. The Kier molecular flexibility index (Phi) is 10.1. The molecule has 2 heterocycles. The molecule has 0 bridgehead atoms. The summed E-state index contributed by atoms with van der Waals surface area (Å²) < 4.78 is 0. The molecule has 0 radical (unpaired) electrons. The normalized spacial score (nSPS) is 26.5. The number of hydrogen-bond donors (Lipinski definition) is 5. The fourth-order valence-corrected chi connectivity index (χ4v) is 7.79. The number of para-hydroxylation sites is 1. The Bertz CT molecular complexity index is 1650. The van der Waals surface area contributed by atoms with Gasteiger partial charge < -0.3 is 26.8 Å². The zero-order valence-corrected chi connectivity index (χ0v) is 27.4. The number of likely N-dealkylation sites (N-methyl/N-ethyl adjacent to an activating group) is 1. The van der Waals surface area contributed by atoms with Crippen molar-refractivity contribution in [2.24, 2.45) is 23.5 Å². The number of nitrogens with two attached hydrogens (primary N) is 1. The summed E-state index contributed by atoms with van der Waals surface area (Å²) in [7, 11) is 0. The first-order valence-electron chi connectivity index (χ1n) is 17.2. The maximum absolute atomic E-state index is 14.1. The fourth-order valence-electron chi connectivity index (χ4n) is 7.79. The van der Waals surface area contributed by atoms with Crippen LogP contribution < -0.4 is 21.7 Å². The fraction of sp³-hybridized carbons (Fsp3) is 0.486. The average Bonchev–Trinajstić information content (AvgIpc) is 3.83. The van der Waals surface area contributed by atoms with Gasteiger partial charge in [-0.2, -0.15) is 0 Å². The van der Waals surface area contributed by atoms with E-state index in [-0.39, 0.29) is 30.6 Å². The van der Waals surface area contributed by atoms with Crippen LogP contribution in [0.3, 0.4) is 0 Å². The quantitative estimate of drug-likeness (QED) is 0.200. The van der Waals surface area contributed by atoms with Crippen LogP contribution in [0.4, 0.5) is 0 Å². The number of primary amides is 1. The Balaban J connectivity index is 1.23. The van der Waals surface area contributed by atoms with Gasteiger partial charge in [-0.15, -0.1) is 0 Å². The number of likely N-dealkylation sites (tertiary alicyclic amines) is 1. The van der Waals surface area contributed by atoms with Crippen molar-refractivity contribution in [2.75, 3.05) is 19.6 Å². The topological polar surface area (TPSA) is 167 Å². The molecule has 1 saturated heterocycles. The number of rotatable bonds is 12. The van der Waals surface area contributed by atoms with E-state index < -0.39 is 41.3 Å². The molecule has 2 aliphatic carbocycles. The van der Waals surface area contributed by atoms with Crippen molar-refractivity contribution in [2.45, 2.75) is 75.6 Å². The summed E-state index contributed by atoms with van der Waals surface area (Å²) in [5, 5.41) is 21.5. The number of pyridine rings is 1. The van der Waals surface area contributed by atoms with Crippen LogP contribution in [0.25, 0.3) is 10.9 Å². The van der Waals surface area contributed by atoms with Crippen molar-refractivity contribution in [3.05, 3.63) is 78.0 Å². The van der Waals surface area contributed by atoms with Gasteiger partial charge in [0.25, 0.3) is 5.91 Å². The molecule has 11 nitrogen and oxygen atoms in total. The number of aliphatic hydroxyl groups excluding tert-OH is 1. The highest BCUT2D eigenvalue weighted by Crippen LogP contribution is 2.44. The van der Waals surface area contributed by atoms with Gasteiger partial charge in [-0.25, -0.2) is 4.98 Å². The highest BCUT2D eigenvalue weighted by molar-refractivity contribution is 6.05. The summed E-state index contributed by atoms with van der Waals surface area (Å²) in [6.45, 7) is 3.31. The Morgan fingerprint density at radius 2 is 1.73 bits per heavy atom. The Morgan fingerprint density at radius 3 is 2.46 bits per heavy atom. The van der Waals surface area contributed by atoms with Gasteiger partial charge in [-0.05, 0) is 62.1 Å². The molecule has 2 saturated carbocycles. The van der Waals surface area contributed by atoms with E-state index in [0.29, 0.717) is 36.9 Å². The van der Waals surface area contributed by atoms with Gasteiger partial charge in [0.15, 0.2) is 0 Å². The van der Waals surface area contributed by atoms with E-state index in [1.165, 1.54) is 12.8 Å². The second-order valence-corrected chi connectivity index (χ2v) is 13.7. The molecule has 3 aromatic rings. The zero-order chi connectivity index (χ0) is 33.8. The molecule has 2 aromatic carbocycles. The SMILES string of the molecule is CCNC(=O)[C@@H]1C[C@@H]2CCCC[C@@H]2CN1C[C@@H](O)[C@H](Cc1ccccc1)NC(=O)C1(NC(=O)c2ccc3ccccc3n2)CC1C(N)=O. The average molecular weight is 655 g/mol. The van der Waals surface area contributed by atoms with Crippen LogP contribution in [0, 0.1) is 17.8 Å². The highest BCUT2D eigenvalue weighted by atomic mass is 16.3. The Labute approximate surface area is 281 Å². The summed E-state index contributed by atoms with van der Waals surface area (Å²) in [6.07, 6.45) is 4.61. The lowest BCUT2D eigenvalue weighted by Crippen LogP contribution is -2.60. The molecule has 1 aromatic heterocycles. The number of piperidine rings is 1. The van der Waals surface area contributed by atoms with Crippen LogP contribution in [0.15, 0.2) is 66.7 Å². The molecule has 3 fully saturated rings. The van der Waals surface area contributed by atoms with Crippen LogP contribution in [0.2, 0.25) is 0 Å². The number of aromatic nitrogens is 1. The first-order chi connectivity index (χ1) is 23.2. The van der Waals surface area contributed by atoms with Crippen molar-refractivity contribution in [3.8, 4) is 0 Å². The molecule has 11 heteroatoms. The molecule has 6 N–H and O–H groups in total. The molecular formula is C37H46N6O5. The third kappa shape index (κ3) is 7.22. The number of hydrogen-bond acceptors (Lipinski definition) is 7. The van der Waals surface area contributed by atoms with Gasteiger partial charge in [-0.1, -0.05) is 73.9 Å². The van der Waals surface area contributed by atoms with Crippen molar-refractivity contribution in [1.29, 1.82) is 0 Å². The number of carbonyl (C=O) groups excluding carboxylic acids is 4. The highest BCUT2D eigenvalue weighted by Gasteiger charge is 2.64. The molecule has 6 rings (SSSR count). The number of nitrogens with one attached hydrogen (secondary N) is 3. The van der Waals surface area contributed by atoms with Gasteiger partial charge in [-0.3, -0.25) is 24.1 Å². The lowest BCUT2D eigenvalue weighted by molar-refractivity contribution is -0.132. The van der Waals surface area contributed by atoms with Crippen LogP contribution in [0.1, 0.15) is 61.5 Å². The monoisotopic (exact) mass is 654 g/mol. The third-order valence-electron chi connectivity index (χ3n) is 10.5. The number of benzene rings is 2. The van der Waals surface area contributed by atoms with Crippen molar-refractivity contribution in [1.82, 2.24) is 25.8 Å². The minimum Gasteiger partial charge on any atom is -0.390 e. The molecule has 254 valence electrons. The summed E-state index contributed by atoms with van der Waals surface area (Å²) in [5.74, 6) is -1.89. The number of fused-ring (bicyclic) bond motifs is 2. The summed E-state index contributed by atoms with van der Waals surface area (Å²) in [4.78, 5) is 59.8. The van der Waals surface area contributed by atoms with E-state index in [1.54, 1.807) is 18.2 Å². The van der Waals surface area contributed by atoms with Crippen LogP contribution in [-0.2, 0) is 20.8 Å². The summed E-state index contributed by atoms with van der Waals surface area (Å²) in [6, 6.07) is 19.1. The lowest BCUT2D eigenvalue weighted by Gasteiger charge is -2.46. The van der Waals surface area contributed by atoms with Crippen molar-refractivity contribution >= 4 is 34.5 Å². The number of β-amino-alcohol motifs (C(OH)–C–C–N with tert-alkyl or cyclic N) is 1. The molecule has 0 spiro atoms. The first-order valence-corrected chi connectivity index (χ1v) is 17.2. The van der Waals surface area contributed by atoms with Gasteiger partial charge in [0, 0.05) is 25.0 Å². The van der Waals surface area contributed by atoms with Crippen LogP contribution >= 0.6 is 0 Å². The standard InChI is InChI=1S/C37H46N6O5/c1-2-39-35(47)31-19-25-13-6-7-14-26(25)21-43(31)22-32(44)30(18-23-10-4-3-5-11-23)41-36(48)37(20-27(37)33(38)45)42-34(46)29-17-16-24-12-8-9-15-28(24)40-29/h3-5,8-12,15-17,25-27,30-32,44H,2,6-7,13-14,18-22H2,1H3,(H2,38,45)(H,39,47)(H,41,48)(H,42,46)/t25-,26+,27?,30-,31-,32+,37?/m0/s1. The van der Waals surface area contributed by atoms with Gasteiger partial charge >= 0.3 is 0 Å². The number of nitrogens with zero attached hydrogens (tertiary/aromatic N) is 2. The van der Waals surface area contributed by atoms with E-state index in [1.807, 2.05) is 55.5 Å². The van der Waals surface area contributed by atoms with E-state index in [4.69, 9.17) is 5.73 Å².